The number of aliphatic imine (C=N–C) groups is 1. The minimum Gasteiger partial charge on any atom is -0.359 e. The van der Waals surface area contributed by atoms with Gasteiger partial charge in [0, 0.05) is 30.8 Å². The fourth-order valence-electron chi connectivity index (χ4n) is 2.46. The Hall–Kier alpha value is -3.00. The number of aromatic nitrogens is 1. The number of hydrogen-bond acceptors (Lipinski definition) is 4. The molecule has 1 amide bonds. The average Bonchev–Trinajstić information content (AvgIpc) is 2.60. The summed E-state index contributed by atoms with van der Waals surface area (Å²) in [5, 5.41) is 12.5. The van der Waals surface area contributed by atoms with E-state index in [4.69, 9.17) is 5.26 Å². The van der Waals surface area contributed by atoms with Gasteiger partial charge < -0.3 is 5.32 Å². The summed E-state index contributed by atoms with van der Waals surface area (Å²) in [5.74, 6) is -0.278. The lowest BCUT2D eigenvalue weighted by atomic mass is 10.0. The minimum absolute atomic E-state index is 0.0365. The number of hydrogen-bond donors (Lipinski definition) is 1. The Balaban J connectivity index is 2.29. The third-order valence-electron chi connectivity index (χ3n) is 3.65. The van der Waals surface area contributed by atoms with Crippen molar-refractivity contribution in [1.82, 2.24) is 10.3 Å². The molecule has 2 aromatic rings. The van der Waals surface area contributed by atoms with E-state index in [9.17, 15) is 4.79 Å². The maximum Gasteiger partial charge on any atom is 0.226 e. The molecule has 1 N–H and O–H groups in total. The first-order valence-electron chi connectivity index (χ1n) is 7.78. The van der Waals surface area contributed by atoms with Gasteiger partial charge in [-0.1, -0.05) is 19.1 Å². The standard InChI is InChI=1S/C19H20N4O/c1-4-22-17(9-13(2)19(24)21-3)11-14-5-8-18-15(10-14)6-7-16(12-20)23-18/h4-10,13H,11H2,1-3H3,(H,21,24)/b17-9-,22-4?. The number of benzene rings is 1. The number of nitrogens with zero attached hydrogens (tertiary/aromatic N) is 3. The number of fused-ring (bicyclic) bond motifs is 1. The van der Waals surface area contributed by atoms with Crippen molar-refractivity contribution in [2.75, 3.05) is 7.05 Å². The maximum atomic E-state index is 11.7. The number of nitriles is 1. The van der Waals surface area contributed by atoms with Crippen LogP contribution in [0.4, 0.5) is 0 Å². The lowest BCUT2D eigenvalue weighted by Gasteiger charge is -2.08. The number of nitrogens with one attached hydrogen (secondary N) is 1. The van der Waals surface area contributed by atoms with E-state index < -0.39 is 0 Å². The van der Waals surface area contributed by atoms with Crippen LogP contribution in [-0.4, -0.2) is 24.2 Å². The van der Waals surface area contributed by atoms with E-state index >= 15 is 0 Å². The van der Waals surface area contributed by atoms with Crippen molar-refractivity contribution in [2.24, 2.45) is 10.9 Å². The third-order valence-corrected chi connectivity index (χ3v) is 3.65. The molecule has 2 rings (SSSR count). The fourth-order valence-corrected chi connectivity index (χ4v) is 2.46. The summed E-state index contributed by atoms with van der Waals surface area (Å²) in [6.45, 7) is 3.70. The van der Waals surface area contributed by atoms with Gasteiger partial charge in [0.05, 0.1) is 11.4 Å². The van der Waals surface area contributed by atoms with Gasteiger partial charge in [0.2, 0.25) is 5.91 Å². The Morgan fingerprint density at radius 2 is 2.21 bits per heavy atom. The zero-order valence-electron chi connectivity index (χ0n) is 14.1. The highest BCUT2D eigenvalue weighted by atomic mass is 16.1. The molecule has 1 atom stereocenters. The zero-order chi connectivity index (χ0) is 17.5. The van der Waals surface area contributed by atoms with E-state index in [1.807, 2.05) is 50.3 Å². The number of allylic oxidation sites excluding steroid dienone is 1. The summed E-state index contributed by atoms with van der Waals surface area (Å²) in [7, 11) is 1.63. The maximum absolute atomic E-state index is 11.7. The largest absolute Gasteiger partial charge is 0.359 e. The summed E-state index contributed by atoms with van der Waals surface area (Å²) >= 11 is 0. The van der Waals surface area contributed by atoms with Gasteiger partial charge in [-0.3, -0.25) is 9.79 Å². The van der Waals surface area contributed by atoms with Crippen molar-refractivity contribution in [3.05, 3.63) is 53.4 Å². The second-order valence-electron chi connectivity index (χ2n) is 5.46. The first-order valence-corrected chi connectivity index (χ1v) is 7.78. The van der Waals surface area contributed by atoms with Crippen LogP contribution in [0.25, 0.3) is 10.9 Å². The predicted octanol–water partition coefficient (Wildman–Crippen LogP) is 3.01. The molecule has 0 fully saturated rings. The molecule has 0 saturated heterocycles. The second kappa shape index (κ2) is 8.02. The van der Waals surface area contributed by atoms with Gasteiger partial charge in [-0.25, -0.2) is 4.98 Å². The molecule has 1 aromatic carbocycles. The summed E-state index contributed by atoms with van der Waals surface area (Å²) < 4.78 is 0. The van der Waals surface area contributed by atoms with Gasteiger partial charge >= 0.3 is 0 Å². The highest BCUT2D eigenvalue weighted by molar-refractivity contribution is 5.80. The molecule has 24 heavy (non-hydrogen) atoms. The van der Waals surface area contributed by atoms with Crippen LogP contribution in [0.15, 0.2) is 47.1 Å². The Labute approximate surface area is 141 Å². The quantitative estimate of drug-likeness (QED) is 0.860. The second-order valence-corrected chi connectivity index (χ2v) is 5.46. The van der Waals surface area contributed by atoms with Gasteiger partial charge in [0.1, 0.15) is 11.8 Å². The molecule has 0 bridgehead atoms. The van der Waals surface area contributed by atoms with Crippen LogP contribution >= 0.6 is 0 Å². The molecular weight excluding hydrogens is 300 g/mol. The van der Waals surface area contributed by atoms with E-state index in [-0.39, 0.29) is 11.8 Å². The molecular formula is C19H20N4O. The van der Waals surface area contributed by atoms with E-state index in [1.54, 1.807) is 19.3 Å². The Bertz CT molecular complexity index is 846. The number of carbonyl (C=O) groups is 1. The van der Waals surface area contributed by atoms with Crippen molar-refractivity contribution < 1.29 is 4.79 Å². The lowest BCUT2D eigenvalue weighted by Crippen LogP contribution is -2.24. The van der Waals surface area contributed by atoms with Crippen LogP contribution < -0.4 is 5.32 Å². The summed E-state index contributed by atoms with van der Waals surface area (Å²) in [6, 6.07) is 11.6. The molecule has 0 spiro atoms. The number of amides is 1. The van der Waals surface area contributed by atoms with Crippen molar-refractivity contribution in [1.29, 1.82) is 5.26 Å². The SMILES string of the molecule is CC=N/C(=C\C(C)C(=O)NC)Cc1ccc2nc(C#N)ccc2c1. The Morgan fingerprint density at radius 1 is 1.42 bits per heavy atom. The number of rotatable bonds is 5. The number of pyridine rings is 1. The van der Waals surface area contributed by atoms with Crippen molar-refractivity contribution in [2.45, 2.75) is 20.3 Å². The van der Waals surface area contributed by atoms with E-state index in [2.05, 4.69) is 15.3 Å². The van der Waals surface area contributed by atoms with Crippen molar-refractivity contribution in [3.8, 4) is 6.07 Å². The average molecular weight is 320 g/mol. The molecule has 0 aliphatic carbocycles. The normalized spacial score (nSPS) is 13.0. The van der Waals surface area contributed by atoms with Gasteiger partial charge in [-0.2, -0.15) is 5.26 Å². The van der Waals surface area contributed by atoms with Gasteiger partial charge in [0.25, 0.3) is 0 Å². The number of carbonyl (C=O) groups excluding carboxylic acids is 1. The van der Waals surface area contributed by atoms with Crippen LogP contribution in [-0.2, 0) is 11.2 Å². The van der Waals surface area contributed by atoms with E-state index in [1.165, 1.54) is 0 Å². The van der Waals surface area contributed by atoms with E-state index in [0.29, 0.717) is 12.1 Å². The van der Waals surface area contributed by atoms with Crippen LogP contribution in [0, 0.1) is 17.2 Å². The molecule has 5 heteroatoms. The zero-order valence-corrected chi connectivity index (χ0v) is 14.1. The van der Waals surface area contributed by atoms with Crippen LogP contribution in [0.5, 0.6) is 0 Å². The lowest BCUT2D eigenvalue weighted by molar-refractivity contribution is -0.122. The van der Waals surface area contributed by atoms with Crippen molar-refractivity contribution in [3.63, 3.8) is 0 Å². The highest BCUT2D eigenvalue weighted by Crippen LogP contribution is 2.18. The molecule has 0 aliphatic heterocycles. The Kier molecular flexibility index (Phi) is 5.80. The monoisotopic (exact) mass is 320 g/mol. The summed E-state index contributed by atoms with van der Waals surface area (Å²) in [6.07, 6.45) is 4.23. The van der Waals surface area contributed by atoms with Gasteiger partial charge in [-0.15, -0.1) is 0 Å². The van der Waals surface area contributed by atoms with Crippen LogP contribution in [0.3, 0.4) is 0 Å². The topological polar surface area (TPSA) is 78.1 Å². The highest BCUT2D eigenvalue weighted by Gasteiger charge is 2.10. The third kappa shape index (κ3) is 4.26. The first kappa shape index (κ1) is 17.4. The van der Waals surface area contributed by atoms with Gasteiger partial charge in [-0.05, 0) is 36.8 Å². The smallest absolute Gasteiger partial charge is 0.226 e. The molecule has 0 saturated carbocycles. The molecule has 0 aliphatic rings. The van der Waals surface area contributed by atoms with Crippen LogP contribution in [0.1, 0.15) is 25.1 Å². The molecule has 0 radical (unpaired) electrons. The van der Waals surface area contributed by atoms with E-state index in [0.717, 1.165) is 22.2 Å². The minimum atomic E-state index is -0.242. The summed E-state index contributed by atoms with van der Waals surface area (Å²) in [5.41, 5.74) is 3.12. The molecule has 5 nitrogen and oxygen atoms in total. The molecule has 1 heterocycles. The fraction of sp³-hybridized carbons (Fsp3) is 0.263. The molecule has 1 aromatic heterocycles. The molecule has 1 unspecified atom stereocenters. The van der Waals surface area contributed by atoms with Crippen LogP contribution in [0.2, 0.25) is 0 Å². The molecule has 122 valence electrons. The van der Waals surface area contributed by atoms with Crippen molar-refractivity contribution >= 4 is 23.0 Å². The first-order chi connectivity index (χ1) is 11.6. The predicted molar refractivity (Wildman–Crippen MR) is 95.6 cm³/mol. The van der Waals surface area contributed by atoms with Gasteiger partial charge in [0.15, 0.2) is 0 Å². The summed E-state index contributed by atoms with van der Waals surface area (Å²) in [4.78, 5) is 20.4. The Morgan fingerprint density at radius 3 is 2.88 bits per heavy atom.